The molecule has 3 saturated heterocycles. The third-order valence-electron chi connectivity index (χ3n) is 12.9. The number of Topliss-reactive ketones (excluding diaryl/α,β-unsaturated/α-hetero) is 2. The van der Waals surface area contributed by atoms with Gasteiger partial charge in [-0.05, 0) is 87.7 Å². The average molecular weight is 887 g/mol. The molecule has 3 N–H and O–H groups in total. The van der Waals surface area contributed by atoms with E-state index in [1.54, 1.807) is 41.8 Å². The first kappa shape index (κ1) is 52.6. The topological polar surface area (TPSA) is 226 Å². The lowest BCUT2D eigenvalue weighted by Gasteiger charge is -2.47. The van der Waals surface area contributed by atoms with Crippen molar-refractivity contribution in [3.8, 4) is 0 Å². The second kappa shape index (κ2) is 21.3. The molecule has 3 fully saturated rings. The maximum atomic E-state index is 16.9. The molecule has 0 aromatic carbocycles. The van der Waals surface area contributed by atoms with Crippen LogP contribution in [0.15, 0.2) is 0 Å². The second-order valence-electron chi connectivity index (χ2n) is 18.1. The van der Waals surface area contributed by atoms with E-state index >= 15 is 4.39 Å². The fourth-order valence-electron chi connectivity index (χ4n) is 9.23. The van der Waals surface area contributed by atoms with Gasteiger partial charge in [0.25, 0.3) is 5.67 Å². The zero-order valence-corrected chi connectivity index (χ0v) is 38.9. The number of cyclic esters (lactones) is 1. The van der Waals surface area contributed by atoms with Gasteiger partial charge in [-0.2, -0.15) is 0 Å². The molecular weight excluding hydrogens is 815 g/mol. The fraction of sp³-hybridized carbons (Fsp3) is 0.837. The molecule has 0 bridgehead atoms. The molecular formula is C43H71FN4O14. The molecule has 0 saturated carbocycles. The van der Waals surface area contributed by atoms with Crippen LogP contribution in [0.1, 0.15) is 108 Å². The number of amides is 3. The summed E-state index contributed by atoms with van der Waals surface area (Å²) in [5, 5.41) is 16.4. The number of carbonyl (C=O) groups is 7. The Morgan fingerprint density at radius 3 is 2.18 bits per heavy atom. The molecule has 0 radical (unpaired) electrons. The molecule has 354 valence electrons. The SMILES string of the molecule is CC[C@H]1OC(=O)[C@](C)(F)C(=O)[C@H](C)[C@@H](O[C@H]2O[C@H](C)C[C@H](N(C)C)[C@H]2O)[C@@](C)(OC)C[C@@H](C)C(=O)[C@H](C)[C@@H]2N(CCCCC(=O)N[C@@H](C)C(=O)N[C@@H](C)C(=O)OC)C(=O)O[C@@]21C. The molecule has 15 atom stereocenters. The van der Waals surface area contributed by atoms with Crippen LogP contribution in [0.25, 0.3) is 0 Å². The van der Waals surface area contributed by atoms with Crippen molar-refractivity contribution in [3.05, 3.63) is 0 Å². The Labute approximate surface area is 364 Å². The number of nitrogens with zero attached hydrogens (tertiary/aromatic N) is 2. The summed E-state index contributed by atoms with van der Waals surface area (Å²) >= 11 is 0. The van der Waals surface area contributed by atoms with Gasteiger partial charge in [-0.1, -0.05) is 27.7 Å². The predicted molar refractivity (Wildman–Crippen MR) is 221 cm³/mol. The number of hydrogen-bond donors (Lipinski definition) is 3. The van der Waals surface area contributed by atoms with Gasteiger partial charge in [-0.25, -0.2) is 18.8 Å². The summed E-state index contributed by atoms with van der Waals surface area (Å²) < 4.78 is 51.8. The summed E-state index contributed by atoms with van der Waals surface area (Å²) in [4.78, 5) is 96.7. The largest absolute Gasteiger partial charge is 0.467 e. The van der Waals surface area contributed by atoms with E-state index in [1.807, 2.05) is 11.8 Å². The lowest BCUT2D eigenvalue weighted by Crippen LogP contribution is -2.61. The lowest BCUT2D eigenvalue weighted by atomic mass is 9.73. The summed E-state index contributed by atoms with van der Waals surface area (Å²) in [6.45, 7) is 15.0. The van der Waals surface area contributed by atoms with Gasteiger partial charge in [0.05, 0.1) is 31.0 Å². The number of aliphatic hydroxyl groups is 1. The van der Waals surface area contributed by atoms with Crippen LogP contribution in [0.3, 0.4) is 0 Å². The molecule has 3 amide bonds. The molecule has 19 heteroatoms. The Morgan fingerprint density at radius 1 is 0.984 bits per heavy atom. The molecule has 0 aromatic heterocycles. The first-order valence-corrected chi connectivity index (χ1v) is 21.6. The van der Waals surface area contributed by atoms with Crippen molar-refractivity contribution < 1.29 is 71.5 Å². The van der Waals surface area contributed by atoms with Crippen LogP contribution in [0, 0.1) is 17.8 Å². The van der Waals surface area contributed by atoms with Gasteiger partial charge in [0.15, 0.2) is 17.7 Å². The highest BCUT2D eigenvalue weighted by molar-refractivity contribution is 6.08. The molecule has 62 heavy (non-hydrogen) atoms. The van der Waals surface area contributed by atoms with Crippen molar-refractivity contribution in [2.75, 3.05) is 34.9 Å². The number of ketones is 2. The van der Waals surface area contributed by atoms with Crippen molar-refractivity contribution in [1.82, 2.24) is 20.4 Å². The molecule has 0 unspecified atom stereocenters. The van der Waals surface area contributed by atoms with E-state index in [1.165, 1.54) is 46.8 Å². The van der Waals surface area contributed by atoms with Crippen molar-refractivity contribution in [2.45, 2.75) is 180 Å². The second-order valence-corrected chi connectivity index (χ2v) is 18.1. The molecule has 3 rings (SSSR count). The third kappa shape index (κ3) is 11.5. The number of carbonyl (C=O) groups excluding carboxylic acids is 7. The Kier molecular flexibility index (Phi) is 18.0. The molecule has 0 aliphatic carbocycles. The maximum Gasteiger partial charge on any atom is 0.410 e. The number of unbranched alkanes of at least 4 members (excludes halogenated alkanes) is 1. The minimum Gasteiger partial charge on any atom is -0.467 e. The highest BCUT2D eigenvalue weighted by atomic mass is 19.1. The van der Waals surface area contributed by atoms with Crippen LogP contribution in [-0.4, -0.2) is 163 Å². The molecule has 3 aliphatic heterocycles. The summed E-state index contributed by atoms with van der Waals surface area (Å²) in [5.41, 5.74) is -6.45. The van der Waals surface area contributed by atoms with Crippen LogP contribution in [0.4, 0.5) is 9.18 Å². The van der Waals surface area contributed by atoms with Crippen molar-refractivity contribution in [3.63, 3.8) is 0 Å². The Bertz CT molecular complexity index is 1650. The van der Waals surface area contributed by atoms with Crippen molar-refractivity contribution in [1.29, 1.82) is 0 Å². The minimum absolute atomic E-state index is 0.00798. The number of ether oxygens (including phenoxy) is 6. The zero-order valence-electron chi connectivity index (χ0n) is 38.9. The summed E-state index contributed by atoms with van der Waals surface area (Å²) in [7, 11) is 6.14. The third-order valence-corrected chi connectivity index (χ3v) is 12.9. The van der Waals surface area contributed by atoms with Crippen LogP contribution in [0.5, 0.6) is 0 Å². The normalized spacial score (nSPS) is 37.1. The van der Waals surface area contributed by atoms with Gasteiger partial charge in [0, 0.05) is 43.9 Å². The molecule has 0 aromatic rings. The van der Waals surface area contributed by atoms with E-state index in [4.69, 9.17) is 23.7 Å². The van der Waals surface area contributed by atoms with E-state index in [9.17, 15) is 38.7 Å². The number of esters is 2. The smallest absolute Gasteiger partial charge is 0.410 e. The minimum atomic E-state index is -3.24. The summed E-state index contributed by atoms with van der Waals surface area (Å²) in [5.74, 6) is -7.93. The van der Waals surface area contributed by atoms with Gasteiger partial charge < -0.3 is 54.0 Å². The first-order valence-electron chi connectivity index (χ1n) is 21.6. The monoisotopic (exact) mass is 886 g/mol. The van der Waals surface area contributed by atoms with Gasteiger partial charge in [0.2, 0.25) is 11.8 Å². The standard InChI is InChI=1S/C43H71FN4O14/c1-15-29-43(10)33(48(40(56)62-43)19-17-16-18-30(49)45-26(6)36(53)46-27(7)37(54)57-13)24(4)31(50)22(2)21-41(8,58-14)35(25(5)34(52)42(9,44)39(55)60-29)61-38-32(51)28(47(11)12)20-23(3)59-38/h22-29,32-33,35,38,51H,15-21H2,1-14H3,(H,45,49)(H,46,53)/t22-,23-,24+,25+,26+,27+,28+,29-,32-,33+,35-,38-,41+,42-,43-/m1/s1. The number of fused-ring (bicyclic) bond motifs is 1. The van der Waals surface area contributed by atoms with Gasteiger partial charge in [0.1, 0.15) is 30.1 Å². The van der Waals surface area contributed by atoms with Crippen LogP contribution in [0.2, 0.25) is 0 Å². The molecule has 18 nitrogen and oxygen atoms in total. The highest BCUT2D eigenvalue weighted by Gasteiger charge is 2.61. The molecule has 3 aliphatic rings. The average Bonchev–Trinajstić information content (AvgIpc) is 3.47. The van der Waals surface area contributed by atoms with E-state index in [0.717, 1.165) is 6.92 Å². The zero-order chi connectivity index (χ0) is 47.2. The number of hydrogen-bond acceptors (Lipinski definition) is 15. The van der Waals surface area contributed by atoms with E-state index in [-0.39, 0.29) is 50.5 Å². The summed E-state index contributed by atoms with van der Waals surface area (Å²) in [6.07, 6.45) is -5.47. The number of methoxy groups -OCH3 is 2. The number of likely N-dealkylation sites (N-methyl/N-ethyl adjacent to an activating group) is 1. The summed E-state index contributed by atoms with van der Waals surface area (Å²) in [6, 6.07) is -3.34. The number of alkyl halides is 1. The highest BCUT2D eigenvalue weighted by Crippen LogP contribution is 2.43. The number of aliphatic hydroxyl groups excluding tert-OH is 1. The van der Waals surface area contributed by atoms with E-state index in [0.29, 0.717) is 6.42 Å². The Morgan fingerprint density at radius 2 is 1.61 bits per heavy atom. The first-order chi connectivity index (χ1) is 28.7. The van der Waals surface area contributed by atoms with Gasteiger partial charge in [-0.3, -0.25) is 19.2 Å². The number of rotatable bonds is 14. The number of nitrogens with one attached hydrogen (secondary N) is 2. The number of halogens is 1. The van der Waals surface area contributed by atoms with Crippen LogP contribution < -0.4 is 10.6 Å². The van der Waals surface area contributed by atoms with Gasteiger partial charge >= 0.3 is 18.0 Å². The lowest BCUT2D eigenvalue weighted by molar-refractivity contribution is -0.295. The van der Waals surface area contributed by atoms with E-state index in [2.05, 4.69) is 15.4 Å². The van der Waals surface area contributed by atoms with Crippen LogP contribution in [-0.2, 0) is 57.2 Å². The van der Waals surface area contributed by atoms with Crippen molar-refractivity contribution >= 4 is 41.4 Å². The maximum absolute atomic E-state index is 16.9. The quantitative estimate of drug-likeness (QED) is 0.0987. The van der Waals surface area contributed by atoms with E-state index < -0.39 is 119 Å². The molecule has 3 heterocycles. The van der Waals surface area contributed by atoms with Crippen molar-refractivity contribution in [2.24, 2.45) is 17.8 Å². The fourth-order valence-corrected chi connectivity index (χ4v) is 9.23. The predicted octanol–water partition coefficient (Wildman–Crippen LogP) is 2.64. The van der Waals surface area contributed by atoms with Crippen LogP contribution >= 0.6 is 0 Å². The Balaban J connectivity index is 1.96. The van der Waals surface area contributed by atoms with Gasteiger partial charge in [-0.15, -0.1) is 0 Å². The molecule has 0 spiro atoms. The Hall–Kier alpha value is -3.78.